The van der Waals surface area contributed by atoms with Gasteiger partial charge in [-0.1, -0.05) is 30.4 Å². The van der Waals surface area contributed by atoms with Gasteiger partial charge in [0.2, 0.25) is 0 Å². The number of hydrogen-bond donors (Lipinski definition) is 1. The maximum atomic E-state index is 6.04. The Hall–Kier alpha value is -2.75. The van der Waals surface area contributed by atoms with Gasteiger partial charge in [0, 0.05) is 0 Å². The first-order valence-electron chi connectivity index (χ1n) is 7.63. The summed E-state index contributed by atoms with van der Waals surface area (Å²) in [6, 6.07) is 13.8. The summed E-state index contributed by atoms with van der Waals surface area (Å²) in [4.78, 5) is 7.88. The summed E-state index contributed by atoms with van der Waals surface area (Å²) >= 11 is 0. The molecule has 118 valence electrons. The zero-order chi connectivity index (χ0) is 16.2. The van der Waals surface area contributed by atoms with E-state index in [1.165, 1.54) is 0 Å². The molecule has 0 amide bonds. The second-order valence-corrected chi connectivity index (χ2v) is 5.31. The fourth-order valence-electron chi connectivity index (χ4n) is 2.49. The Labute approximate surface area is 135 Å². The number of methoxy groups -OCH3 is 1. The van der Waals surface area contributed by atoms with Crippen LogP contribution in [-0.2, 0) is 0 Å². The molecule has 1 heterocycles. The van der Waals surface area contributed by atoms with Crippen molar-refractivity contribution >= 4 is 17.1 Å². The molecule has 2 aromatic carbocycles. The molecule has 0 aliphatic heterocycles. The lowest BCUT2D eigenvalue weighted by atomic mass is 10.2. The number of rotatable bonds is 5. The van der Waals surface area contributed by atoms with E-state index in [4.69, 9.17) is 9.47 Å². The number of aromatic amines is 1. The summed E-state index contributed by atoms with van der Waals surface area (Å²) in [6.07, 6.45) is 3.81. The van der Waals surface area contributed by atoms with Crippen LogP contribution in [-0.4, -0.2) is 17.1 Å². The van der Waals surface area contributed by atoms with E-state index in [2.05, 4.69) is 9.97 Å². The third-order valence-corrected chi connectivity index (χ3v) is 3.64. The second-order valence-electron chi connectivity index (χ2n) is 5.31. The number of imidazole rings is 1. The van der Waals surface area contributed by atoms with Crippen molar-refractivity contribution in [3.05, 3.63) is 59.9 Å². The van der Waals surface area contributed by atoms with E-state index in [9.17, 15) is 0 Å². The molecule has 0 aliphatic rings. The lowest BCUT2D eigenvalue weighted by Gasteiger charge is -2.15. The fourth-order valence-corrected chi connectivity index (χ4v) is 2.49. The number of benzene rings is 2. The summed E-state index contributed by atoms with van der Waals surface area (Å²) in [7, 11) is 1.65. The summed E-state index contributed by atoms with van der Waals surface area (Å²) in [5.74, 6) is 2.21. The summed E-state index contributed by atoms with van der Waals surface area (Å²) in [6.45, 7) is 3.96. The first kappa shape index (κ1) is 15.2. The number of para-hydroxylation sites is 2. The van der Waals surface area contributed by atoms with Crippen molar-refractivity contribution < 1.29 is 9.47 Å². The largest absolute Gasteiger partial charge is 0.493 e. The number of nitrogens with one attached hydrogen (secondary N) is 1. The van der Waals surface area contributed by atoms with Crippen LogP contribution in [0.15, 0.2) is 48.5 Å². The molecular weight excluding hydrogens is 288 g/mol. The normalized spacial score (nSPS) is 12.7. The van der Waals surface area contributed by atoms with Crippen LogP contribution in [0.25, 0.3) is 17.1 Å². The van der Waals surface area contributed by atoms with Gasteiger partial charge in [0.1, 0.15) is 5.82 Å². The maximum absolute atomic E-state index is 6.04. The lowest BCUT2D eigenvalue weighted by molar-refractivity contribution is 0.208. The van der Waals surface area contributed by atoms with E-state index in [-0.39, 0.29) is 6.10 Å². The van der Waals surface area contributed by atoms with Crippen LogP contribution >= 0.6 is 0 Å². The summed E-state index contributed by atoms with van der Waals surface area (Å²) in [5.41, 5.74) is 3.02. The maximum Gasteiger partial charge on any atom is 0.162 e. The molecule has 0 fully saturated rings. The molecule has 0 saturated carbocycles. The molecule has 3 rings (SSSR count). The number of hydrogen-bond acceptors (Lipinski definition) is 3. The molecule has 23 heavy (non-hydrogen) atoms. The van der Waals surface area contributed by atoms with Crippen molar-refractivity contribution in [2.24, 2.45) is 0 Å². The van der Waals surface area contributed by atoms with Crippen molar-refractivity contribution in [2.45, 2.75) is 20.0 Å². The van der Waals surface area contributed by atoms with Gasteiger partial charge in [-0.05, 0) is 43.7 Å². The van der Waals surface area contributed by atoms with Crippen LogP contribution in [0, 0.1) is 0 Å². The number of nitrogens with zero attached hydrogens (tertiary/aromatic N) is 1. The highest BCUT2D eigenvalue weighted by Crippen LogP contribution is 2.32. The highest BCUT2D eigenvalue weighted by Gasteiger charge is 2.15. The Kier molecular flexibility index (Phi) is 4.33. The van der Waals surface area contributed by atoms with E-state index in [1.54, 1.807) is 7.11 Å². The Morgan fingerprint density at radius 1 is 1.13 bits per heavy atom. The van der Waals surface area contributed by atoms with E-state index < -0.39 is 0 Å². The minimum atomic E-state index is -0.205. The van der Waals surface area contributed by atoms with Gasteiger partial charge in [-0.2, -0.15) is 0 Å². The van der Waals surface area contributed by atoms with E-state index in [0.29, 0.717) is 11.5 Å². The molecule has 0 spiro atoms. The first-order chi connectivity index (χ1) is 11.2. The molecule has 1 N–H and O–H groups in total. The zero-order valence-electron chi connectivity index (χ0n) is 13.5. The number of fused-ring (bicyclic) bond motifs is 1. The Bertz CT molecular complexity index is 803. The van der Waals surface area contributed by atoms with E-state index in [1.807, 2.05) is 68.5 Å². The molecule has 0 radical (unpaired) electrons. The van der Waals surface area contributed by atoms with Crippen LogP contribution in [0.1, 0.15) is 31.3 Å². The van der Waals surface area contributed by atoms with Crippen LogP contribution in [0.5, 0.6) is 11.5 Å². The highest BCUT2D eigenvalue weighted by molar-refractivity contribution is 5.74. The van der Waals surface area contributed by atoms with Crippen molar-refractivity contribution in [2.75, 3.05) is 7.11 Å². The first-order valence-corrected chi connectivity index (χ1v) is 7.63. The molecule has 0 bridgehead atoms. The van der Waals surface area contributed by atoms with Gasteiger partial charge in [-0.15, -0.1) is 0 Å². The monoisotopic (exact) mass is 308 g/mol. The van der Waals surface area contributed by atoms with Crippen molar-refractivity contribution in [3.8, 4) is 11.5 Å². The van der Waals surface area contributed by atoms with Crippen molar-refractivity contribution in [1.29, 1.82) is 0 Å². The van der Waals surface area contributed by atoms with Gasteiger partial charge in [0.05, 0.1) is 18.1 Å². The average molecular weight is 308 g/mol. The summed E-state index contributed by atoms with van der Waals surface area (Å²) in [5, 5.41) is 0. The third kappa shape index (κ3) is 3.21. The molecule has 0 aliphatic carbocycles. The average Bonchev–Trinajstić information content (AvgIpc) is 3.00. The fraction of sp³-hybridized carbons (Fsp3) is 0.211. The predicted molar refractivity (Wildman–Crippen MR) is 92.8 cm³/mol. The zero-order valence-corrected chi connectivity index (χ0v) is 13.5. The molecule has 4 nitrogen and oxygen atoms in total. The molecule has 3 aromatic rings. The van der Waals surface area contributed by atoms with Crippen molar-refractivity contribution in [3.63, 3.8) is 0 Å². The number of H-pyrrole nitrogens is 1. The number of ether oxygens (including phenoxy) is 2. The standard InChI is InChI=1S/C19H20N2O2/c1-4-7-14-10-11-17(18(12-14)22-3)23-13(2)19-20-15-8-5-6-9-16(15)21-19/h4-13H,1-3H3,(H,20,21)/b7-4+/t13-/m0/s1. The number of aromatic nitrogens is 2. The van der Waals surface area contributed by atoms with Crippen LogP contribution in [0.4, 0.5) is 0 Å². The van der Waals surface area contributed by atoms with Crippen molar-refractivity contribution in [1.82, 2.24) is 9.97 Å². The third-order valence-electron chi connectivity index (χ3n) is 3.64. The predicted octanol–water partition coefficient (Wildman–Crippen LogP) is 4.74. The Morgan fingerprint density at radius 3 is 2.70 bits per heavy atom. The molecule has 1 aromatic heterocycles. The molecular formula is C19H20N2O2. The van der Waals surface area contributed by atoms with Gasteiger partial charge in [0.25, 0.3) is 0 Å². The topological polar surface area (TPSA) is 47.1 Å². The Balaban J connectivity index is 1.85. The quantitative estimate of drug-likeness (QED) is 0.740. The SMILES string of the molecule is C/C=C/c1ccc(O[C@@H](C)c2nc3ccccc3[nH]2)c(OC)c1. The lowest BCUT2D eigenvalue weighted by Crippen LogP contribution is -2.06. The number of allylic oxidation sites excluding steroid dienone is 1. The van der Waals surface area contributed by atoms with Gasteiger partial charge in [-0.3, -0.25) is 0 Å². The minimum Gasteiger partial charge on any atom is -0.493 e. The smallest absolute Gasteiger partial charge is 0.162 e. The van der Waals surface area contributed by atoms with Crippen LogP contribution in [0.3, 0.4) is 0 Å². The van der Waals surface area contributed by atoms with E-state index >= 15 is 0 Å². The molecule has 4 heteroatoms. The van der Waals surface area contributed by atoms with Crippen LogP contribution < -0.4 is 9.47 Å². The summed E-state index contributed by atoms with van der Waals surface area (Å²) < 4.78 is 11.5. The van der Waals surface area contributed by atoms with Gasteiger partial charge in [-0.25, -0.2) is 4.98 Å². The minimum absolute atomic E-state index is 0.205. The van der Waals surface area contributed by atoms with Gasteiger partial charge < -0.3 is 14.5 Å². The molecule has 0 saturated heterocycles. The molecule has 1 atom stereocenters. The van der Waals surface area contributed by atoms with E-state index in [0.717, 1.165) is 22.4 Å². The van der Waals surface area contributed by atoms with Gasteiger partial charge in [0.15, 0.2) is 17.6 Å². The van der Waals surface area contributed by atoms with Crippen LogP contribution in [0.2, 0.25) is 0 Å². The van der Waals surface area contributed by atoms with Gasteiger partial charge >= 0.3 is 0 Å². The second kappa shape index (κ2) is 6.57. The highest BCUT2D eigenvalue weighted by atomic mass is 16.5. The Morgan fingerprint density at radius 2 is 1.96 bits per heavy atom. The molecule has 0 unspecified atom stereocenters.